The van der Waals surface area contributed by atoms with Crippen LogP contribution in [0.1, 0.15) is 30.2 Å². The van der Waals surface area contributed by atoms with E-state index < -0.39 is 6.10 Å². The Hall–Kier alpha value is -2.93. The van der Waals surface area contributed by atoms with Crippen molar-refractivity contribution in [1.82, 2.24) is 14.7 Å². The second-order valence-corrected chi connectivity index (χ2v) is 8.25. The molecule has 6 nitrogen and oxygen atoms in total. The monoisotopic (exact) mass is 449 g/mol. The van der Waals surface area contributed by atoms with Gasteiger partial charge in [0.05, 0.1) is 36.3 Å². The normalized spacial score (nSPS) is 12.2. The number of aliphatic hydroxyl groups is 1. The van der Waals surface area contributed by atoms with Gasteiger partial charge in [-0.25, -0.2) is 4.68 Å². The smallest absolute Gasteiger partial charge is 0.227 e. The summed E-state index contributed by atoms with van der Waals surface area (Å²) < 4.78 is 13.7. The molecule has 0 bridgehead atoms. The standard InChI is InChI=1S/C27H35N3O3/c1-5-15-29(18-24(31)20-32-16-6-2)19-26-22(4)28-30(23-12-8-7-9-13-23)27(26)33-25-14-10-11-21(3)17-25/h6-14,17,24,31H,2,5,15-16,18-20H2,1,3-4H3/t24-/m1/s1. The van der Waals surface area contributed by atoms with Crippen LogP contribution in [0, 0.1) is 13.8 Å². The summed E-state index contributed by atoms with van der Waals surface area (Å²) in [6.07, 6.45) is 2.08. The zero-order valence-electron chi connectivity index (χ0n) is 19.9. The summed E-state index contributed by atoms with van der Waals surface area (Å²) in [6.45, 7) is 12.5. The Morgan fingerprint density at radius 2 is 1.94 bits per heavy atom. The van der Waals surface area contributed by atoms with Gasteiger partial charge in [-0.1, -0.05) is 43.3 Å². The van der Waals surface area contributed by atoms with Crippen LogP contribution in [-0.2, 0) is 11.3 Å². The van der Waals surface area contributed by atoms with Gasteiger partial charge in [-0.15, -0.1) is 6.58 Å². The van der Waals surface area contributed by atoms with E-state index in [9.17, 15) is 5.11 Å². The van der Waals surface area contributed by atoms with E-state index >= 15 is 0 Å². The molecule has 3 aromatic rings. The lowest BCUT2D eigenvalue weighted by Crippen LogP contribution is -2.35. The fraction of sp³-hybridized carbons (Fsp3) is 0.370. The maximum Gasteiger partial charge on any atom is 0.227 e. The molecule has 0 aliphatic heterocycles. The third kappa shape index (κ3) is 7.02. The Kier molecular flexibility index (Phi) is 9.24. The summed E-state index contributed by atoms with van der Waals surface area (Å²) >= 11 is 0. The lowest BCUT2D eigenvalue weighted by atomic mass is 10.2. The van der Waals surface area contributed by atoms with Crippen LogP contribution in [0.5, 0.6) is 11.6 Å². The summed E-state index contributed by atoms with van der Waals surface area (Å²) in [7, 11) is 0. The third-order valence-corrected chi connectivity index (χ3v) is 5.28. The molecular weight excluding hydrogens is 414 g/mol. The van der Waals surface area contributed by atoms with Gasteiger partial charge in [0.25, 0.3) is 0 Å². The van der Waals surface area contributed by atoms with Gasteiger partial charge in [-0.2, -0.15) is 5.10 Å². The molecule has 0 fully saturated rings. The number of aryl methyl sites for hydroxylation is 2. The van der Waals surface area contributed by atoms with E-state index in [0.717, 1.165) is 41.2 Å². The van der Waals surface area contributed by atoms with Crippen molar-refractivity contribution < 1.29 is 14.6 Å². The highest BCUT2D eigenvalue weighted by Gasteiger charge is 2.22. The first-order valence-electron chi connectivity index (χ1n) is 11.5. The van der Waals surface area contributed by atoms with Gasteiger partial charge in [-0.3, -0.25) is 4.90 Å². The summed E-state index contributed by atoms with van der Waals surface area (Å²) in [5.41, 5.74) is 3.98. The number of aromatic nitrogens is 2. The van der Waals surface area contributed by atoms with Crippen LogP contribution in [0.15, 0.2) is 67.3 Å². The summed E-state index contributed by atoms with van der Waals surface area (Å²) in [6, 6.07) is 18.0. The average molecular weight is 450 g/mol. The first-order chi connectivity index (χ1) is 16.0. The van der Waals surface area contributed by atoms with Crippen molar-refractivity contribution in [3.8, 4) is 17.3 Å². The predicted molar refractivity (Wildman–Crippen MR) is 132 cm³/mol. The molecule has 3 rings (SSSR count). The van der Waals surface area contributed by atoms with Crippen LogP contribution in [0.25, 0.3) is 5.69 Å². The van der Waals surface area contributed by atoms with Crippen LogP contribution in [0.3, 0.4) is 0 Å². The zero-order chi connectivity index (χ0) is 23.6. The second-order valence-electron chi connectivity index (χ2n) is 8.25. The highest BCUT2D eigenvalue weighted by molar-refractivity contribution is 5.43. The maximum atomic E-state index is 10.5. The molecule has 1 aromatic heterocycles. The molecule has 0 aliphatic rings. The lowest BCUT2D eigenvalue weighted by Gasteiger charge is -2.25. The van der Waals surface area contributed by atoms with Gasteiger partial charge in [0.2, 0.25) is 5.88 Å². The second kappa shape index (κ2) is 12.3. The van der Waals surface area contributed by atoms with Crippen molar-refractivity contribution in [1.29, 1.82) is 0 Å². The van der Waals surface area contributed by atoms with Crippen molar-refractivity contribution >= 4 is 0 Å². The Labute approximate surface area is 197 Å². The molecule has 0 aliphatic carbocycles. The number of nitrogens with zero attached hydrogens (tertiary/aromatic N) is 3. The molecule has 0 unspecified atom stereocenters. The SMILES string of the molecule is C=CCOC[C@H](O)CN(CCC)Cc1c(C)nn(-c2ccccc2)c1Oc1cccc(C)c1. The third-order valence-electron chi connectivity index (χ3n) is 5.28. The Bertz CT molecular complexity index is 1020. The fourth-order valence-corrected chi connectivity index (χ4v) is 3.77. The van der Waals surface area contributed by atoms with Gasteiger partial charge >= 0.3 is 0 Å². The molecule has 33 heavy (non-hydrogen) atoms. The van der Waals surface area contributed by atoms with Crippen molar-refractivity contribution in [2.24, 2.45) is 0 Å². The lowest BCUT2D eigenvalue weighted by molar-refractivity contribution is 0.0244. The number of aliphatic hydroxyl groups excluding tert-OH is 1. The van der Waals surface area contributed by atoms with Crippen molar-refractivity contribution in [3.05, 3.63) is 84.1 Å². The van der Waals surface area contributed by atoms with E-state index in [1.807, 2.05) is 73.1 Å². The number of hydrogen-bond donors (Lipinski definition) is 1. The molecule has 0 spiro atoms. The molecule has 1 heterocycles. The highest BCUT2D eigenvalue weighted by Crippen LogP contribution is 2.32. The van der Waals surface area contributed by atoms with E-state index in [1.165, 1.54) is 0 Å². The van der Waals surface area contributed by atoms with Gasteiger partial charge < -0.3 is 14.6 Å². The van der Waals surface area contributed by atoms with E-state index in [-0.39, 0.29) is 6.61 Å². The Morgan fingerprint density at radius 3 is 2.64 bits per heavy atom. The zero-order valence-corrected chi connectivity index (χ0v) is 19.9. The van der Waals surface area contributed by atoms with Crippen LogP contribution in [-0.4, -0.2) is 52.2 Å². The van der Waals surface area contributed by atoms with Crippen LogP contribution in [0.2, 0.25) is 0 Å². The topological polar surface area (TPSA) is 59.8 Å². The molecule has 0 amide bonds. The molecule has 0 radical (unpaired) electrons. The molecule has 0 saturated carbocycles. The largest absolute Gasteiger partial charge is 0.439 e. The van der Waals surface area contributed by atoms with Gasteiger partial charge in [-0.05, 0) is 56.6 Å². The minimum atomic E-state index is -0.581. The molecule has 2 aromatic carbocycles. The average Bonchev–Trinajstić information content (AvgIpc) is 3.10. The van der Waals surface area contributed by atoms with E-state index in [1.54, 1.807) is 6.08 Å². The Balaban J connectivity index is 1.91. The Morgan fingerprint density at radius 1 is 1.15 bits per heavy atom. The van der Waals surface area contributed by atoms with Crippen molar-refractivity contribution in [2.45, 2.75) is 39.8 Å². The first kappa shape index (κ1) is 24.7. The van der Waals surface area contributed by atoms with Crippen LogP contribution >= 0.6 is 0 Å². The predicted octanol–water partition coefficient (Wildman–Crippen LogP) is 5.06. The van der Waals surface area contributed by atoms with Gasteiger partial charge in [0, 0.05) is 13.1 Å². The van der Waals surface area contributed by atoms with E-state index in [4.69, 9.17) is 14.6 Å². The molecular formula is C27H35N3O3. The quantitative estimate of drug-likeness (QED) is 0.292. The molecule has 1 N–H and O–H groups in total. The van der Waals surface area contributed by atoms with E-state index in [2.05, 4.69) is 18.4 Å². The molecule has 0 saturated heterocycles. The molecule has 176 valence electrons. The number of benzene rings is 2. The summed E-state index contributed by atoms with van der Waals surface area (Å²) in [5, 5.41) is 15.3. The minimum absolute atomic E-state index is 0.279. The summed E-state index contributed by atoms with van der Waals surface area (Å²) in [5.74, 6) is 1.47. The summed E-state index contributed by atoms with van der Waals surface area (Å²) in [4.78, 5) is 2.23. The molecule has 1 atom stereocenters. The van der Waals surface area contributed by atoms with Crippen LogP contribution < -0.4 is 4.74 Å². The minimum Gasteiger partial charge on any atom is -0.439 e. The first-order valence-corrected chi connectivity index (χ1v) is 11.5. The number of ether oxygens (including phenoxy) is 2. The fourth-order valence-electron chi connectivity index (χ4n) is 3.77. The number of rotatable bonds is 13. The maximum absolute atomic E-state index is 10.5. The van der Waals surface area contributed by atoms with Crippen molar-refractivity contribution in [3.63, 3.8) is 0 Å². The number of para-hydroxylation sites is 1. The molecule has 6 heteroatoms. The van der Waals surface area contributed by atoms with E-state index in [0.29, 0.717) is 25.6 Å². The van der Waals surface area contributed by atoms with Crippen molar-refractivity contribution in [2.75, 3.05) is 26.3 Å². The van der Waals surface area contributed by atoms with Gasteiger partial charge in [0.1, 0.15) is 5.75 Å². The van der Waals surface area contributed by atoms with Gasteiger partial charge in [0.15, 0.2) is 0 Å². The van der Waals surface area contributed by atoms with Crippen LogP contribution in [0.4, 0.5) is 0 Å². The highest BCUT2D eigenvalue weighted by atomic mass is 16.5. The number of hydrogen-bond acceptors (Lipinski definition) is 5.